The third kappa shape index (κ3) is 6.51. The number of rotatable bonds is 0. The first-order chi connectivity index (χ1) is 7.33. The number of aromatic nitrogens is 1. The molecule has 0 amide bonds. The van der Waals surface area contributed by atoms with E-state index in [1.165, 1.54) is 6.20 Å². The predicted octanol–water partition coefficient (Wildman–Crippen LogP) is 4.89. The summed E-state index contributed by atoms with van der Waals surface area (Å²) in [5.74, 6) is 0.266. The maximum absolute atomic E-state index is 10.7. The van der Waals surface area contributed by atoms with Crippen LogP contribution in [0.15, 0.2) is 28.7 Å². The molecule has 1 aliphatic heterocycles. The Bertz CT molecular complexity index is 484. The van der Waals surface area contributed by atoms with Crippen molar-refractivity contribution in [3.63, 3.8) is 0 Å². The largest absolute Gasteiger partial charge is 0.373 e. The quantitative estimate of drug-likeness (QED) is 0.386. The van der Waals surface area contributed by atoms with Crippen molar-refractivity contribution in [2.75, 3.05) is 0 Å². The van der Waals surface area contributed by atoms with E-state index in [2.05, 4.69) is 15.3 Å². The molecule has 2 rings (SSSR count). The molecule has 1 aromatic rings. The Morgan fingerprint density at radius 3 is 2.12 bits per heavy atom. The number of hydrogen-bond acceptors (Lipinski definition) is 3. The molecule has 12 heteroatoms. The van der Waals surface area contributed by atoms with E-state index in [1.807, 2.05) is 0 Å². The van der Waals surface area contributed by atoms with Crippen molar-refractivity contribution < 1.29 is 30.1 Å². The molecule has 0 aromatic carbocycles. The van der Waals surface area contributed by atoms with Gasteiger partial charge in [0.15, 0.2) is 0 Å². The average molecular weight is 280 g/mol. The van der Waals surface area contributed by atoms with Gasteiger partial charge in [-0.1, -0.05) is 4.91 Å². The van der Waals surface area contributed by atoms with Gasteiger partial charge in [0.25, 0.3) is 0 Å². The summed E-state index contributed by atoms with van der Waals surface area (Å²) in [5.41, 5.74) is 0.525. The van der Waals surface area contributed by atoms with Crippen LogP contribution < -0.4 is 0 Å². The number of halogens is 6. The number of nitroso groups, excluding NO2 is 1. The Labute approximate surface area is 89.0 Å². The maximum atomic E-state index is 10.7. The monoisotopic (exact) mass is 280 g/mol. The normalized spacial score (nSPS) is 17.6. The average Bonchev–Trinajstić information content (AvgIpc) is 2.43. The molecule has 1 aromatic heterocycles. The van der Waals surface area contributed by atoms with Gasteiger partial charge >= 0.3 is 38.8 Å². The smallest absolute Gasteiger partial charge is 0.103 e. The third-order valence-electron chi connectivity index (χ3n) is 1.18. The van der Waals surface area contributed by atoms with Gasteiger partial charge in [-0.3, -0.25) is 0 Å². The fraction of sp³-hybridized carbons (Fsp3) is 0. The van der Waals surface area contributed by atoms with Crippen LogP contribution in [0.25, 0.3) is 0 Å². The Morgan fingerprint density at radius 1 is 1.12 bits per heavy atom. The topological polar surface area (TPSA) is 57.7 Å². The molecule has 0 atom stereocenters. The second kappa shape index (κ2) is 3.19. The molecule has 0 fully saturated rings. The standard InChI is InChI=1S/C5H3N4O.F6P/c10-9-5-4(7-8-9)2-1-3-6-5;1-7(2,3,4,5)6/h1-3H;/q+1;-1. The van der Waals surface area contributed by atoms with E-state index in [0.717, 1.165) is 0 Å². The van der Waals surface area contributed by atoms with Crippen molar-refractivity contribution in [1.82, 2.24) is 4.98 Å². The van der Waals surface area contributed by atoms with E-state index in [1.54, 1.807) is 12.1 Å². The number of fused-ring (bicyclic) bond motifs is 1. The molecule has 5 nitrogen and oxygen atoms in total. The van der Waals surface area contributed by atoms with Gasteiger partial charge in [-0.05, 0) is 12.1 Å². The van der Waals surface area contributed by atoms with Crippen LogP contribution in [-0.4, -0.2) is 9.85 Å². The SMILES string of the molecule is F[P-](F)(F)(F)(F)F.O=[N+]1N=Nc2cccnc21. The van der Waals surface area contributed by atoms with E-state index in [-0.39, 0.29) is 5.82 Å². The molecule has 0 bridgehead atoms. The summed E-state index contributed by atoms with van der Waals surface area (Å²) in [6, 6.07) is 3.39. The third-order valence-corrected chi connectivity index (χ3v) is 1.18. The predicted molar refractivity (Wildman–Crippen MR) is 45.6 cm³/mol. The van der Waals surface area contributed by atoms with Gasteiger partial charge in [-0.15, -0.1) is 4.98 Å². The van der Waals surface area contributed by atoms with Gasteiger partial charge < -0.3 is 0 Å². The Kier molecular flexibility index (Phi) is 2.52. The van der Waals surface area contributed by atoms with E-state index < -0.39 is 7.81 Å². The molecule has 0 N–H and O–H groups in total. The van der Waals surface area contributed by atoms with Gasteiger partial charge in [-0.25, -0.2) is 0 Å². The fourth-order valence-electron chi connectivity index (χ4n) is 0.745. The van der Waals surface area contributed by atoms with Crippen molar-refractivity contribution in [2.24, 2.45) is 10.3 Å². The van der Waals surface area contributed by atoms with Crippen LogP contribution >= 0.6 is 7.81 Å². The minimum Gasteiger partial charge on any atom is -0.103 e. The summed E-state index contributed by atoms with van der Waals surface area (Å²) in [6.45, 7) is 0. The molecule has 0 spiro atoms. The zero-order valence-electron chi connectivity index (χ0n) is 7.64. The molecular formula is C5H3F6N4OP. The molecule has 1 aliphatic rings. The van der Waals surface area contributed by atoms with Crippen molar-refractivity contribution in [3.8, 4) is 0 Å². The van der Waals surface area contributed by atoms with E-state index in [0.29, 0.717) is 10.6 Å². The van der Waals surface area contributed by atoms with Gasteiger partial charge in [-0.2, -0.15) is 0 Å². The molecule has 17 heavy (non-hydrogen) atoms. The van der Waals surface area contributed by atoms with Gasteiger partial charge in [0.2, 0.25) is 5.69 Å². The van der Waals surface area contributed by atoms with Crippen molar-refractivity contribution in [1.29, 1.82) is 0 Å². The molecule has 96 valence electrons. The summed E-state index contributed by atoms with van der Waals surface area (Å²) in [5, 5.41) is 6.80. The second-order valence-corrected chi connectivity index (χ2v) is 4.68. The van der Waals surface area contributed by atoms with Gasteiger partial charge in [0.1, 0.15) is 16.3 Å². The van der Waals surface area contributed by atoms with Crippen LogP contribution in [-0.2, 0) is 0 Å². The second-order valence-electron chi connectivity index (χ2n) is 2.77. The van der Waals surface area contributed by atoms with Crippen molar-refractivity contribution in [2.45, 2.75) is 0 Å². The summed E-state index contributed by atoms with van der Waals surface area (Å²) >= 11 is 0. The Balaban J connectivity index is 0.000000185. The fourth-order valence-corrected chi connectivity index (χ4v) is 0.745. The molecule has 0 saturated heterocycles. The molecule has 0 aliphatic carbocycles. The van der Waals surface area contributed by atoms with Crippen LogP contribution in [0.1, 0.15) is 0 Å². The molecule has 0 unspecified atom stereocenters. The van der Waals surface area contributed by atoms with Gasteiger partial charge in [0.05, 0.1) is 0 Å². The summed E-state index contributed by atoms with van der Waals surface area (Å²) < 4.78 is 59.2. The van der Waals surface area contributed by atoms with Crippen LogP contribution in [0.5, 0.6) is 0 Å². The summed E-state index contributed by atoms with van der Waals surface area (Å²) in [6.07, 6.45) is 1.53. The first kappa shape index (κ1) is 13.4. The van der Waals surface area contributed by atoms with E-state index >= 15 is 0 Å². The van der Waals surface area contributed by atoms with Crippen LogP contribution in [0.2, 0.25) is 0 Å². The Morgan fingerprint density at radius 2 is 1.65 bits per heavy atom. The van der Waals surface area contributed by atoms with Crippen molar-refractivity contribution in [3.05, 3.63) is 23.2 Å². The summed E-state index contributed by atoms with van der Waals surface area (Å²) in [7, 11) is -10.7. The zero-order chi connectivity index (χ0) is 13.4. The van der Waals surface area contributed by atoms with Crippen molar-refractivity contribution >= 4 is 19.3 Å². The van der Waals surface area contributed by atoms with E-state index in [4.69, 9.17) is 0 Å². The summed E-state index contributed by atoms with van der Waals surface area (Å²) in [4.78, 5) is 14.8. The van der Waals surface area contributed by atoms with Gasteiger partial charge in [0, 0.05) is 5.11 Å². The number of pyridine rings is 1. The molecule has 2 heterocycles. The minimum atomic E-state index is -10.7. The van der Waals surface area contributed by atoms with Crippen LogP contribution in [0.4, 0.5) is 36.7 Å². The maximum Gasteiger partial charge on any atom is 0.373 e. The molecular weight excluding hydrogens is 277 g/mol. The first-order valence-electron chi connectivity index (χ1n) is 3.73. The Hall–Kier alpha value is -1.64. The van der Waals surface area contributed by atoms with Crippen LogP contribution in [0.3, 0.4) is 0 Å². The first-order valence-corrected chi connectivity index (χ1v) is 5.76. The van der Waals surface area contributed by atoms with E-state index in [9.17, 15) is 30.1 Å². The molecule has 0 saturated carbocycles. The van der Waals surface area contributed by atoms with Crippen LogP contribution in [0, 0.1) is 4.91 Å². The molecule has 0 radical (unpaired) electrons. The number of hydrogen-bond donors (Lipinski definition) is 0. The minimum absolute atomic E-state index is 0.266. The number of nitrogens with zero attached hydrogens (tertiary/aromatic N) is 4. The zero-order valence-corrected chi connectivity index (χ0v) is 8.54.